The van der Waals surface area contributed by atoms with Crippen LogP contribution in [0.3, 0.4) is 0 Å². The van der Waals surface area contributed by atoms with Gasteiger partial charge in [-0.1, -0.05) is 12.0 Å². The highest BCUT2D eigenvalue weighted by Gasteiger charge is 2.94. The van der Waals surface area contributed by atoms with Crippen LogP contribution in [-0.2, 0) is 5.92 Å². The molecule has 0 aromatic carbocycles. The lowest BCUT2D eigenvalue weighted by Gasteiger charge is -2.40. The maximum Gasteiger partial charge on any atom is 0.460 e. The van der Waals surface area contributed by atoms with Crippen LogP contribution >= 0.6 is 0 Å². The fourth-order valence-corrected chi connectivity index (χ4v) is 1.75. The normalized spacial score (nSPS) is 15.4. The summed E-state index contributed by atoms with van der Waals surface area (Å²) in [6, 6.07) is -1.14. The Morgan fingerprint density at radius 1 is 0.645 bits per heavy atom. The van der Waals surface area contributed by atoms with E-state index in [1.54, 1.807) is 0 Å². The summed E-state index contributed by atoms with van der Waals surface area (Å²) in [5, 5.41) is 6.73. The summed E-state index contributed by atoms with van der Waals surface area (Å²) in [5.41, 5.74) is 0. The van der Waals surface area contributed by atoms with Gasteiger partial charge in [0.25, 0.3) is 5.89 Å². The zero-order chi connectivity index (χ0) is 24.9. The summed E-state index contributed by atoms with van der Waals surface area (Å²) in [5.74, 6) is -50.2. The van der Waals surface area contributed by atoms with E-state index in [9.17, 15) is 65.9 Å². The summed E-state index contributed by atoms with van der Waals surface area (Å²) < 4.78 is 200. The monoisotopic (exact) mass is 495 g/mol. The van der Waals surface area contributed by atoms with E-state index in [0.29, 0.717) is 0 Å². The molecule has 0 spiro atoms. The zero-order valence-corrected chi connectivity index (χ0v) is 14.4. The molecule has 0 saturated heterocycles. The number of rotatable bonds is 9. The average molecular weight is 495 g/mol. The average Bonchev–Trinajstić information content (AvgIpc) is 3.07. The second-order valence-electron chi connectivity index (χ2n) is 5.78. The molecule has 0 fully saturated rings. The van der Waals surface area contributed by atoms with Gasteiger partial charge in [0.2, 0.25) is 0 Å². The molecule has 19 heteroatoms. The van der Waals surface area contributed by atoms with Gasteiger partial charge in [0, 0.05) is 6.54 Å². The number of hydrogen-bond acceptors (Lipinski definition) is 4. The Morgan fingerprint density at radius 2 is 1.06 bits per heavy atom. The highest BCUT2D eigenvalue weighted by atomic mass is 19.4. The minimum Gasteiger partial charge on any atom is -0.401 e. The first-order chi connectivity index (χ1) is 13.5. The Labute approximate surface area is 160 Å². The summed E-state index contributed by atoms with van der Waals surface area (Å²) >= 11 is 0. The third-order valence-electron chi connectivity index (χ3n) is 3.55. The molecule has 0 radical (unpaired) electrons. The van der Waals surface area contributed by atoms with Gasteiger partial charge >= 0.3 is 47.7 Å². The first-order valence-electron chi connectivity index (χ1n) is 7.45. The molecule has 4 nitrogen and oxygen atoms in total. The van der Waals surface area contributed by atoms with Gasteiger partial charge in [-0.15, -0.1) is 5.10 Å². The predicted molar refractivity (Wildman–Crippen MR) is 67.8 cm³/mol. The lowest BCUT2D eigenvalue weighted by atomic mass is 9.91. The van der Waals surface area contributed by atoms with E-state index >= 15 is 0 Å². The topological polar surface area (TPSA) is 51.0 Å². The highest BCUT2D eigenvalue weighted by Crippen LogP contribution is 2.63. The van der Waals surface area contributed by atoms with Gasteiger partial charge in [-0.25, -0.2) is 0 Å². The smallest absolute Gasteiger partial charge is 0.401 e. The fourth-order valence-electron chi connectivity index (χ4n) is 1.75. The quantitative estimate of drug-likeness (QED) is 0.446. The van der Waals surface area contributed by atoms with Crippen molar-refractivity contribution < 1.29 is 70.3 Å². The molecule has 1 aromatic rings. The summed E-state index contributed by atoms with van der Waals surface area (Å²) in [7, 11) is 0. The summed E-state index contributed by atoms with van der Waals surface area (Å²) in [6.45, 7) is 1.31. The van der Waals surface area contributed by atoms with Crippen molar-refractivity contribution in [2.45, 2.75) is 55.1 Å². The summed E-state index contributed by atoms with van der Waals surface area (Å²) in [4.78, 5) is 0. The SMILES string of the molecule is CCCNc1nnc(C(F)(F)C(F)(F)C(F)(F)C(F)(F)C(F)(F)C(F)(F)C(F)(F)F)o1. The second-order valence-corrected chi connectivity index (χ2v) is 5.78. The second kappa shape index (κ2) is 7.49. The van der Waals surface area contributed by atoms with E-state index in [1.165, 1.54) is 6.92 Å². The van der Waals surface area contributed by atoms with E-state index in [1.807, 2.05) is 5.32 Å². The van der Waals surface area contributed by atoms with Crippen molar-refractivity contribution in [3.63, 3.8) is 0 Å². The number of nitrogens with one attached hydrogen (secondary N) is 1. The minimum absolute atomic E-state index is 0.156. The lowest BCUT2D eigenvalue weighted by Crippen LogP contribution is -2.72. The van der Waals surface area contributed by atoms with Gasteiger partial charge in [0.1, 0.15) is 0 Å². The Morgan fingerprint density at radius 3 is 1.48 bits per heavy atom. The maximum absolute atomic E-state index is 13.8. The van der Waals surface area contributed by atoms with Crippen molar-refractivity contribution >= 4 is 6.01 Å². The van der Waals surface area contributed by atoms with Crippen LogP contribution in [0.1, 0.15) is 19.2 Å². The van der Waals surface area contributed by atoms with Crippen molar-refractivity contribution in [3.05, 3.63) is 5.89 Å². The predicted octanol–water partition coefficient (Wildman–Crippen LogP) is 5.72. The fraction of sp³-hybridized carbons (Fsp3) is 0.833. The molecule has 0 unspecified atom stereocenters. The van der Waals surface area contributed by atoms with Crippen molar-refractivity contribution in [1.29, 1.82) is 0 Å². The molecule has 0 saturated carbocycles. The van der Waals surface area contributed by atoms with Crippen LogP contribution in [0.15, 0.2) is 4.42 Å². The molecule has 31 heavy (non-hydrogen) atoms. The van der Waals surface area contributed by atoms with E-state index in [2.05, 4.69) is 14.6 Å². The van der Waals surface area contributed by atoms with E-state index < -0.39 is 53.6 Å². The number of alkyl halides is 15. The Hall–Kier alpha value is -2.11. The van der Waals surface area contributed by atoms with Crippen LogP contribution in [0.25, 0.3) is 0 Å². The van der Waals surface area contributed by atoms with Crippen LogP contribution < -0.4 is 5.32 Å². The molecule has 0 amide bonds. The van der Waals surface area contributed by atoms with Gasteiger partial charge in [-0.2, -0.15) is 65.9 Å². The van der Waals surface area contributed by atoms with Crippen LogP contribution in [-0.4, -0.2) is 52.5 Å². The molecular weight excluding hydrogens is 487 g/mol. The number of aromatic nitrogens is 2. The van der Waals surface area contributed by atoms with Crippen molar-refractivity contribution in [3.8, 4) is 0 Å². The summed E-state index contributed by atoms with van der Waals surface area (Å²) in [6.07, 6.45) is -7.43. The molecule has 0 atom stereocenters. The highest BCUT2D eigenvalue weighted by molar-refractivity contribution is 5.20. The molecule has 1 heterocycles. The van der Waals surface area contributed by atoms with E-state index in [0.717, 1.165) is 0 Å². The molecule has 1 aromatic heterocycles. The Balaban J connectivity index is 3.52. The number of hydrogen-bond donors (Lipinski definition) is 1. The number of anilines is 1. The third-order valence-corrected chi connectivity index (χ3v) is 3.55. The molecule has 182 valence electrons. The van der Waals surface area contributed by atoms with Gasteiger partial charge < -0.3 is 9.73 Å². The van der Waals surface area contributed by atoms with E-state index in [-0.39, 0.29) is 13.0 Å². The van der Waals surface area contributed by atoms with E-state index in [4.69, 9.17) is 0 Å². The Bertz CT molecular complexity index is 770. The minimum atomic E-state index is -8.37. The van der Waals surface area contributed by atoms with Crippen molar-refractivity contribution in [1.82, 2.24) is 10.2 Å². The van der Waals surface area contributed by atoms with Crippen molar-refractivity contribution in [2.24, 2.45) is 0 Å². The molecule has 0 aliphatic rings. The number of halogens is 15. The van der Waals surface area contributed by atoms with Crippen molar-refractivity contribution in [2.75, 3.05) is 11.9 Å². The largest absolute Gasteiger partial charge is 0.460 e. The molecule has 0 aliphatic carbocycles. The van der Waals surface area contributed by atoms with Gasteiger partial charge in [0.05, 0.1) is 0 Å². The maximum atomic E-state index is 13.8. The van der Waals surface area contributed by atoms with Gasteiger partial charge in [-0.3, -0.25) is 0 Å². The third kappa shape index (κ3) is 3.72. The zero-order valence-electron chi connectivity index (χ0n) is 14.4. The van der Waals surface area contributed by atoms with Crippen LogP contribution in [0, 0.1) is 0 Å². The first kappa shape index (κ1) is 26.9. The molecule has 0 bridgehead atoms. The molecular formula is C12H8F15N3O. The Kier molecular flexibility index (Phi) is 6.51. The number of nitrogens with zero attached hydrogens (tertiary/aromatic N) is 2. The molecule has 1 rings (SSSR count). The molecule has 0 aliphatic heterocycles. The standard InChI is InChI=1S/C12H8F15N3O/c1-2-3-28-5-30-29-4(31-5)6(13,14)7(15,16)8(17,18)9(19,20)10(21,22)11(23,24)12(25,26)27/h2-3H2,1H3,(H,28,30). The van der Waals surface area contributed by atoms with Gasteiger partial charge in [-0.05, 0) is 6.42 Å². The van der Waals surface area contributed by atoms with Gasteiger partial charge in [0.15, 0.2) is 0 Å². The van der Waals surface area contributed by atoms with Crippen LogP contribution in [0.4, 0.5) is 71.9 Å². The van der Waals surface area contributed by atoms with Crippen LogP contribution in [0.2, 0.25) is 0 Å². The lowest BCUT2D eigenvalue weighted by molar-refractivity contribution is -0.454. The first-order valence-corrected chi connectivity index (χ1v) is 7.45. The van der Waals surface area contributed by atoms with Crippen LogP contribution in [0.5, 0.6) is 0 Å². The molecule has 1 N–H and O–H groups in total.